The van der Waals surface area contributed by atoms with Gasteiger partial charge in [0.1, 0.15) is 0 Å². The molecule has 4 heteroatoms. The van der Waals surface area contributed by atoms with Crippen molar-refractivity contribution in [1.29, 1.82) is 0 Å². The van der Waals surface area contributed by atoms with Crippen molar-refractivity contribution in [2.45, 2.75) is 27.7 Å². The molecule has 0 saturated carbocycles. The molecule has 13 heavy (non-hydrogen) atoms. The molecule has 0 bridgehead atoms. The second-order valence-corrected chi connectivity index (χ2v) is 9.72. The first-order chi connectivity index (χ1) is 6.50. The van der Waals surface area contributed by atoms with Gasteiger partial charge in [0.05, 0.1) is 0 Å². The van der Waals surface area contributed by atoms with Gasteiger partial charge in [-0.05, 0) is 0 Å². The van der Waals surface area contributed by atoms with E-state index in [1.807, 2.05) is 0 Å². The minimum absolute atomic E-state index is 0.602. The zero-order chi connectivity index (χ0) is 9.19. The summed E-state index contributed by atoms with van der Waals surface area (Å²) in [7, 11) is 0. The van der Waals surface area contributed by atoms with E-state index in [0.717, 1.165) is 0 Å². The molecular weight excluding hydrogens is 424 g/mol. The quantitative estimate of drug-likeness (QED) is 0.390. The van der Waals surface area contributed by atoms with E-state index < -0.39 is 0 Å². The Morgan fingerprint density at radius 3 is 1.38 bits per heavy atom. The van der Waals surface area contributed by atoms with Crippen LogP contribution in [0.15, 0.2) is 0 Å². The fourth-order valence-corrected chi connectivity index (χ4v) is 8.83. The number of rotatable bonds is 0. The summed E-state index contributed by atoms with van der Waals surface area (Å²) in [4.78, 5) is 13.3. The standard InChI is InChI=1S/C9H10Se4/c1-2-10-4-6-12-8-9-13-7-5-11-3-1/h1-3,8-9H2. The molecular formula is C9H10Se4. The van der Waals surface area contributed by atoms with Crippen LogP contribution >= 0.6 is 0 Å². The van der Waals surface area contributed by atoms with E-state index in [2.05, 4.69) is 19.3 Å². The van der Waals surface area contributed by atoms with Gasteiger partial charge in [0.2, 0.25) is 0 Å². The zero-order valence-electron chi connectivity index (χ0n) is 7.17. The average Bonchev–Trinajstić information content (AvgIpc) is 2.18. The second-order valence-electron chi connectivity index (χ2n) is 2.16. The normalized spacial score (nSPS) is 19.1. The van der Waals surface area contributed by atoms with Crippen molar-refractivity contribution in [3.63, 3.8) is 0 Å². The Balaban J connectivity index is 2.25. The monoisotopic (exact) mass is 438 g/mol. The maximum atomic E-state index is 3.34. The second kappa shape index (κ2) is 9.74. The van der Waals surface area contributed by atoms with Gasteiger partial charge in [-0.1, -0.05) is 0 Å². The third kappa shape index (κ3) is 8.21. The zero-order valence-corrected chi connectivity index (χ0v) is 14.0. The molecule has 0 aromatic carbocycles. The molecule has 0 radical (unpaired) electrons. The molecule has 1 rings (SSSR count). The van der Waals surface area contributed by atoms with Crippen molar-refractivity contribution in [3.8, 4) is 19.3 Å². The summed E-state index contributed by atoms with van der Waals surface area (Å²) in [6.45, 7) is 0. The van der Waals surface area contributed by atoms with Gasteiger partial charge in [-0.3, -0.25) is 0 Å². The summed E-state index contributed by atoms with van der Waals surface area (Å²) in [6, 6.07) is 0. The van der Waals surface area contributed by atoms with Crippen LogP contribution in [0.4, 0.5) is 0 Å². The summed E-state index contributed by atoms with van der Waals surface area (Å²) in [5, 5.41) is 5.37. The van der Waals surface area contributed by atoms with E-state index in [1.165, 1.54) is 27.7 Å². The molecule has 0 amide bonds. The average molecular weight is 434 g/mol. The summed E-state index contributed by atoms with van der Waals surface area (Å²) in [6.07, 6.45) is 1.36. The summed E-state index contributed by atoms with van der Waals surface area (Å²) >= 11 is 2.43. The van der Waals surface area contributed by atoms with E-state index >= 15 is 0 Å². The Bertz CT molecular complexity index is 214. The fraction of sp³-hybridized carbons (Fsp3) is 0.556. The topological polar surface area (TPSA) is 0 Å². The Morgan fingerprint density at radius 1 is 0.538 bits per heavy atom. The van der Waals surface area contributed by atoms with Gasteiger partial charge < -0.3 is 0 Å². The molecule has 0 saturated heterocycles. The maximum absolute atomic E-state index is 3.34. The number of hydrogen-bond acceptors (Lipinski definition) is 0. The van der Waals surface area contributed by atoms with Gasteiger partial charge in [-0.15, -0.1) is 0 Å². The van der Waals surface area contributed by atoms with Crippen molar-refractivity contribution in [3.05, 3.63) is 0 Å². The fourth-order valence-electron chi connectivity index (χ4n) is 0.609. The van der Waals surface area contributed by atoms with Crippen molar-refractivity contribution < 1.29 is 0 Å². The van der Waals surface area contributed by atoms with Crippen LogP contribution in [0.2, 0.25) is 21.3 Å². The molecule has 1 heterocycles. The van der Waals surface area contributed by atoms with Gasteiger partial charge in [-0.2, -0.15) is 0 Å². The minimum atomic E-state index is 0.602. The Hall–Kier alpha value is 1.20. The molecule has 0 atom stereocenters. The van der Waals surface area contributed by atoms with Crippen molar-refractivity contribution in [2.75, 3.05) is 0 Å². The van der Waals surface area contributed by atoms with Gasteiger partial charge in [-0.25, -0.2) is 0 Å². The van der Waals surface area contributed by atoms with Crippen LogP contribution in [0.3, 0.4) is 0 Å². The van der Waals surface area contributed by atoms with Crippen molar-refractivity contribution in [1.82, 2.24) is 0 Å². The van der Waals surface area contributed by atoms with Gasteiger partial charge in [0, 0.05) is 0 Å². The molecule has 1 aliphatic rings. The van der Waals surface area contributed by atoms with E-state index in [4.69, 9.17) is 0 Å². The molecule has 0 aromatic heterocycles. The van der Waals surface area contributed by atoms with Crippen LogP contribution in [-0.4, -0.2) is 59.8 Å². The Morgan fingerprint density at radius 2 is 0.923 bits per heavy atom. The first-order valence-corrected chi connectivity index (χ1v) is 12.2. The van der Waals surface area contributed by atoms with Gasteiger partial charge >= 0.3 is 107 Å². The molecule has 0 N–H and O–H groups in total. The molecule has 70 valence electrons. The summed E-state index contributed by atoms with van der Waals surface area (Å²) in [5.74, 6) is 0. The number of hydrogen-bond donors (Lipinski definition) is 0. The molecule has 1 aliphatic heterocycles. The first kappa shape index (κ1) is 12.3. The predicted molar refractivity (Wildman–Crippen MR) is 62.4 cm³/mol. The van der Waals surface area contributed by atoms with Gasteiger partial charge in [0.15, 0.2) is 0 Å². The molecule has 0 unspecified atom stereocenters. The van der Waals surface area contributed by atoms with E-state index in [1.54, 1.807) is 0 Å². The molecule has 0 aromatic rings. The van der Waals surface area contributed by atoms with Crippen molar-refractivity contribution >= 4 is 59.8 Å². The molecule has 0 nitrogen and oxygen atoms in total. The van der Waals surface area contributed by atoms with Crippen LogP contribution < -0.4 is 0 Å². The predicted octanol–water partition coefficient (Wildman–Crippen LogP) is 0.717. The SMILES string of the molecule is C1#C[Se]CC[Se]C#C[Se]CCC[Se]1. The van der Waals surface area contributed by atoms with Crippen LogP contribution in [0, 0.1) is 19.3 Å². The Kier molecular flexibility index (Phi) is 9.19. The summed E-state index contributed by atoms with van der Waals surface area (Å²) < 4.78 is 0. The van der Waals surface area contributed by atoms with Crippen molar-refractivity contribution in [2.24, 2.45) is 0 Å². The van der Waals surface area contributed by atoms with E-state index in [9.17, 15) is 0 Å². The van der Waals surface area contributed by atoms with Crippen LogP contribution in [0.1, 0.15) is 6.42 Å². The van der Waals surface area contributed by atoms with Crippen LogP contribution in [-0.2, 0) is 0 Å². The van der Waals surface area contributed by atoms with E-state index in [-0.39, 0.29) is 0 Å². The third-order valence-corrected chi connectivity index (χ3v) is 9.62. The molecule has 0 fully saturated rings. The van der Waals surface area contributed by atoms with Gasteiger partial charge in [0.25, 0.3) is 0 Å². The summed E-state index contributed by atoms with van der Waals surface area (Å²) in [5.41, 5.74) is 0. The first-order valence-electron chi connectivity index (χ1n) is 3.97. The molecule has 0 aliphatic carbocycles. The van der Waals surface area contributed by atoms with Crippen LogP contribution in [0.5, 0.6) is 0 Å². The van der Waals surface area contributed by atoms with E-state index in [0.29, 0.717) is 59.8 Å². The van der Waals surface area contributed by atoms with Crippen LogP contribution in [0.25, 0.3) is 0 Å². The Labute approximate surface area is 106 Å². The third-order valence-electron chi connectivity index (χ3n) is 1.15. The molecule has 0 spiro atoms.